The molecule has 0 bridgehead atoms. The molecule has 0 saturated heterocycles. The van der Waals surface area contributed by atoms with Crippen LogP contribution in [0.1, 0.15) is 35.1 Å². The predicted octanol–water partition coefficient (Wildman–Crippen LogP) is 3.02. The van der Waals surface area contributed by atoms with E-state index in [0.29, 0.717) is 6.42 Å². The largest absolute Gasteiger partial charge is 0.480 e. The molecule has 2 atom stereocenters. The highest BCUT2D eigenvalue weighted by molar-refractivity contribution is 5.91. The number of primary amides is 1. The lowest BCUT2D eigenvalue weighted by molar-refractivity contribution is -0.137. The van der Waals surface area contributed by atoms with Crippen molar-refractivity contribution in [2.24, 2.45) is 5.73 Å². The molecule has 26 heavy (non-hydrogen) atoms. The molecule has 1 aromatic heterocycles. The number of fused-ring (bicyclic) bond motifs is 3. The van der Waals surface area contributed by atoms with E-state index < -0.39 is 17.8 Å². The highest BCUT2D eigenvalue weighted by Gasteiger charge is 2.36. The van der Waals surface area contributed by atoms with E-state index in [9.17, 15) is 14.7 Å². The van der Waals surface area contributed by atoms with Crippen molar-refractivity contribution in [1.29, 1.82) is 0 Å². The number of para-hydroxylation sites is 1. The number of carboxylic acids is 1. The summed E-state index contributed by atoms with van der Waals surface area (Å²) >= 11 is 0. The lowest BCUT2D eigenvalue weighted by Crippen LogP contribution is -2.30. The Labute approximate surface area is 151 Å². The normalized spacial score (nSPS) is 19.2. The quantitative estimate of drug-likeness (QED) is 0.760. The Balaban J connectivity index is 1.92. The van der Waals surface area contributed by atoms with Gasteiger partial charge in [-0.05, 0) is 36.0 Å². The fraction of sp³-hybridized carbons (Fsp3) is 0.238. The van der Waals surface area contributed by atoms with Crippen LogP contribution in [0, 0.1) is 0 Å². The minimum Gasteiger partial charge on any atom is -0.480 e. The van der Waals surface area contributed by atoms with Crippen molar-refractivity contribution in [3.05, 3.63) is 71.4 Å². The first-order chi connectivity index (χ1) is 12.6. The van der Waals surface area contributed by atoms with Gasteiger partial charge in [0.1, 0.15) is 6.54 Å². The summed E-state index contributed by atoms with van der Waals surface area (Å²) in [7, 11) is 0. The fourth-order valence-electron chi connectivity index (χ4n) is 4.27. The topological polar surface area (TPSA) is 85.3 Å². The minimum atomic E-state index is -0.929. The summed E-state index contributed by atoms with van der Waals surface area (Å²) in [5.74, 6) is -1.63. The van der Waals surface area contributed by atoms with Gasteiger partial charge in [-0.3, -0.25) is 9.59 Å². The highest BCUT2D eigenvalue weighted by atomic mass is 16.4. The molecule has 3 aromatic rings. The molecule has 2 aromatic carbocycles. The third-order valence-electron chi connectivity index (χ3n) is 5.33. The zero-order chi connectivity index (χ0) is 18.3. The van der Waals surface area contributed by atoms with Gasteiger partial charge in [-0.1, -0.05) is 48.5 Å². The minimum absolute atomic E-state index is 0.171. The predicted molar refractivity (Wildman–Crippen MR) is 99.0 cm³/mol. The second-order valence-corrected chi connectivity index (χ2v) is 6.86. The van der Waals surface area contributed by atoms with Crippen molar-refractivity contribution in [2.75, 3.05) is 0 Å². The number of carbonyl (C=O) groups is 2. The Kier molecular flexibility index (Phi) is 3.99. The van der Waals surface area contributed by atoms with E-state index in [1.165, 1.54) is 5.56 Å². The van der Waals surface area contributed by atoms with Crippen molar-refractivity contribution in [3.8, 4) is 0 Å². The molecular formula is C21H20N2O3. The van der Waals surface area contributed by atoms with E-state index in [4.69, 9.17) is 5.73 Å². The van der Waals surface area contributed by atoms with Gasteiger partial charge in [-0.15, -0.1) is 0 Å². The van der Waals surface area contributed by atoms with Gasteiger partial charge in [0.05, 0.1) is 5.92 Å². The zero-order valence-corrected chi connectivity index (χ0v) is 14.3. The molecule has 3 N–H and O–H groups in total. The average Bonchev–Trinajstić information content (AvgIpc) is 2.95. The van der Waals surface area contributed by atoms with Gasteiger partial charge >= 0.3 is 5.97 Å². The lowest BCUT2D eigenvalue weighted by Gasteiger charge is -2.29. The molecular weight excluding hydrogens is 328 g/mol. The van der Waals surface area contributed by atoms with Gasteiger partial charge in [0.2, 0.25) is 5.91 Å². The number of aromatic nitrogens is 1. The Hall–Kier alpha value is -3.08. The summed E-state index contributed by atoms with van der Waals surface area (Å²) < 4.78 is 1.75. The van der Waals surface area contributed by atoms with Crippen LogP contribution in [0.2, 0.25) is 0 Å². The number of carboxylic acid groups (broad SMARTS) is 1. The van der Waals surface area contributed by atoms with Crippen LogP contribution >= 0.6 is 0 Å². The number of nitrogens with zero attached hydrogens (tertiary/aromatic N) is 1. The molecule has 0 radical (unpaired) electrons. The van der Waals surface area contributed by atoms with Crippen LogP contribution in [0.3, 0.4) is 0 Å². The van der Waals surface area contributed by atoms with Crippen LogP contribution in [0.4, 0.5) is 0 Å². The van der Waals surface area contributed by atoms with E-state index in [1.54, 1.807) is 4.57 Å². The molecule has 5 nitrogen and oxygen atoms in total. The van der Waals surface area contributed by atoms with Crippen LogP contribution in [0.25, 0.3) is 10.9 Å². The Morgan fingerprint density at radius 3 is 2.46 bits per heavy atom. The molecule has 0 spiro atoms. The van der Waals surface area contributed by atoms with E-state index in [1.807, 2.05) is 42.5 Å². The van der Waals surface area contributed by atoms with Gasteiger partial charge in [0, 0.05) is 16.6 Å². The van der Waals surface area contributed by atoms with Crippen LogP contribution in [0.5, 0.6) is 0 Å². The first-order valence-corrected chi connectivity index (χ1v) is 8.72. The number of benzene rings is 2. The van der Waals surface area contributed by atoms with Gasteiger partial charge in [0.25, 0.3) is 0 Å². The van der Waals surface area contributed by atoms with Gasteiger partial charge < -0.3 is 15.4 Å². The summed E-state index contributed by atoms with van der Waals surface area (Å²) in [6, 6.07) is 17.9. The molecule has 1 aliphatic carbocycles. The van der Waals surface area contributed by atoms with E-state index in [-0.39, 0.29) is 12.5 Å². The van der Waals surface area contributed by atoms with Gasteiger partial charge in [0.15, 0.2) is 0 Å². The molecule has 132 valence electrons. The van der Waals surface area contributed by atoms with Crippen molar-refractivity contribution >= 4 is 22.8 Å². The third kappa shape index (κ3) is 2.65. The lowest BCUT2D eigenvalue weighted by atomic mass is 9.76. The molecule has 0 aliphatic heterocycles. The second kappa shape index (κ2) is 6.33. The first-order valence-electron chi connectivity index (χ1n) is 8.72. The van der Waals surface area contributed by atoms with Crippen molar-refractivity contribution < 1.29 is 14.7 Å². The summed E-state index contributed by atoms with van der Waals surface area (Å²) in [5.41, 5.74) is 9.59. The third-order valence-corrected chi connectivity index (χ3v) is 5.33. The van der Waals surface area contributed by atoms with Crippen molar-refractivity contribution in [1.82, 2.24) is 4.57 Å². The van der Waals surface area contributed by atoms with E-state index >= 15 is 0 Å². The molecule has 4 rings (SSSR count). The number of amides is 1. The maximum absolute atomic E-state index is 12.3. The van der Waals surface area contributed by atoms with Gasteiger partial charge in [-0.25, -0.2) is 0 Å². The molecule has 2 unspecified atom stereocenters. The number of aliphatic carboxylic acids is 1. The molecule has 0 saturated carbocycles. The Morgan fingerprint density at radius 2 is 1.77 bits per heavy atom. The summed E-state index contributed by atoms with van der Waals surface area (Å²) in [4.78, 5) is 23.7. The highest BCUT2D eigenvalue weighted by Crippen LogP contribution is 2.44. The smallest absolute Gasteiger partial charge is 0.323 e. The zero-order valence-electron chi connectivity index (χ0n) is 14.3. The van der Waals surface area contributed by atoms with Crippen LogP contribution in [-0.4, -0.2) is 21.6 Å². The Morgan fingerprint density at radius 1 is 1.08 bits per heavy atom. The number of rotatable bonds is 4. The summed E-state index contributed by atoms with van der Waals surface area (Å²) in [6.07, 6.45) is 1.37. The summed E-state index contributed by atoms with van der Waals surface area (Å²) in [6.45, 7) is -0.171. The van der Waals surface area contributed by atoms with Gasteiger partial charge in [-0.2, -0.15) is 0 Å². The van der Waals surface area contributed by atoms with Crippen LogP contribution in [0.15, 0.2) is 54.6 Å². The van der Waals surface area contributed by atoms with Crippen LogP contribution in [-0.2, 0) is 22.6 Å². The first kappa shape index (κ1) is 16.4. The number of hydrogen-bond acceptors (Lipinski definition) is 2. The maximum Gasteiger partial charge on any atom is 0.323 e. The summed E-state index contributed by atoms with van der Waals surface area (Å²) in [5, 5.41) is 10.4. The van der Waals surface area contributed by atoms with Crippen molar-refractivity contribution in [3.63, 3.8) is 0 Å². The molecule has 1 heterocycles. The number of hydrogen-bond donors (Lipinski definition) is 2. The van der Waals surface area contributed by atoms with E-state index in [2.05, 4.69) is 12.1 Å². The second-order valence-electron chi connectivity index (χ2n) is 6.86. The molecule has 1 amide bonds. The molecule has 5 heteroatoms. The number of nitrogens with two attached hydrogens (primary N) is 1. The monoisotopic (exact) mass is 348 g/mol. The number of carbonyl (C=O) groups excluding carboxylic acids is 1. The standard InChI is InChI=1S/C21H20N2O3/c22-21(26)17-11-14(13-6-2-1-3-7-13)10-16-15-8-4-5-9-18(15)23(20(16)17)12-19(24)25/h1-9,14,17H,10-12H2,(H2,22,26)(H,24,25). The maximum atomic E-state index is 12.3. The SMILES string of the molecule is NC(=O)C1CC(c2ccccc2)Cc2c1n(CC(=O)O)c1ccccc21. The average molecular weight is 348 g/mol. The molecule has 1 aliphatic rings. The molecule has 0 fully saturated rings. The van der Waals surface area contributed by atoms with E-state index in [0.717, 1.165) is 28.6 Å². The van der Waals surface area contributed by atoms with Crippen LogP contribution < -0.4 is 5.73 Å². The fourth-order valence-corrected chi connectivity index (χ4v) is 4.27. The van der Waals surface area contributed by atoms with Crippen molar-refractivity contribution in [2.45, 2.75) is 31.2 Å². The Bertz CT molecular complexity index is 991.